The Labute approximate surface area is 86.1 Å². The van der Waals surface area contributed by atoms with Crippen molar-refractivity contribution < 1.29 is 30.0 Å². The molecule has 4 atom stereocenters. The van der Waals surface area contributed by atoms with Gasteiger partial charge >= 0.3 is 0 Å². The normalized spacial score (nSPS) is 19.1. The van der Waals surface area contributed by atoms with Crippen molar-refractivity contribution in [2.75, 3.05) is 6.61 Å². The van der Waals surface area contributed by atoms with Crippen LogP contribution in [0.2, 0.25) is 0 Å². The number of nitrogens with two attached hydrogens (primary N) is 1. The van der Waals surface area contributed by atoms with Crippen LogP contribution in [0.25, 0.3) is 0 Å². The van der Waals surface area contributed by atoms with Gasteiger partial charge in [0.25, 0.3) is 0 Å². The SMILES string of the molecule is CC(=O)C(=O)[C@H](N)[C@@H](O)[C@@H](O)[C@H](O)CO. The van der Waals surface area contributed by atoms with E-state index in [4.69, 9.17) is 15.9 Å². The number of carbonyl (C=O) groups is 2. The first-order valence-electron chi connectivity index (χ1n) is 4.28. The molecule has 0 spiro atoms. The molecular weight excluding hydrogens is 206 g/mol. The van der Waals surface area contributed by atoms with Crippen molar-refractivity contribution in [3.8, 4) is 0 Å². The molecule has 7 heteroatoms. The van der Waals surface area contributed by atoms with Gasteiger partial charge in [0.05, 0.1) is 6.61 Å². The summed E-state index contributed by atoms with van der Waals surface area (Å²) >= 11 is 0. The predicted molar refractivity (Wildman–Crippen MR) is 48.8 cm³/mol. The van der Waals surface area contributed by atoms with E-state index in [-0.39, 0.29) is 0 Å². The van der Waals surface area contributed by atoms with E-state index in [0.29, 0.717) is 0 Å². The Hall–Kier alpha value is -0.860. The first-order valence-corrected chi connectivity index (χ1v) is 4.28. The van der Waals surface area contributed by atoms with Gasteiger partial charge in [0.15, 0.2) is 5.78 Å². The number of rotatable bonds is 6. The van der Waals surface area contributed by atoms with Crippen LogP contribution in [0.3, 0.4) is 0 Å². The second kappa shape index (κ2) is 5.89. The molecule has 0 heterocycles. The molecule has 0 rings (SSSR count). The standard InChI is InChI=1S/C8H15NO6/c1-3(11)6(13)5(9)8(15)7(14)4(12)2-10/h4-5,7-8,10,12,14-15H,2,9H2,1H3/t4-,5+,7+,8-/m1/s1. The molecule has 0 aliphatic heterocycles. The number of ketones is 2. The van der Waals surface area contributed by atoms with Gasteiger partial charge in [0.2, 0.25) is 5.78 Å². The van der Waals surface area contributed by atoms with Crippen LogP contribution in [-0.4, -0.2) is 63.0 Å². The summed E-state index contributed by atoms with van der Waals surface area (Å²) in [5.41, 5.74) is 5.18. The zero-order valence-electron chi connectivity index (χ0n) is 8.20. The third-order valence-electron chi connectivity index (χ3n) is 1.95. The molecule has 6 N–H and O–H groups in total. The Morgan fingerprint density at radius 1 is 1.20 bits per heavy atom. The zero-order valence-corrected chi connectivity index (χ0v) is 8.20. The number of hydrogen-bond donors (Lipinski definition) is 5. The minimum absolute atomic E-state index is 0.792. The highest BCUT2D eigenvalue weighted by atomic mass is 16.4. The third-order valence-corrected chi connectivity index (χ3v) is 1.95. The van der Waals surface area contributed by atoms with Crippen LogP contribution in [0, 0.1) is 0 Å². The van der Waals surface area contributed by atoms with Crippen molar-refractivity contribution in [2.24, 2.45) is 5.73 Å². The lowest BCUT2D eigenvalue weighted by Crippen LogP contribution is -2.54. The van der Waals surface area contributed by atoms with Gasteiger partial charge in [-0.3, -0.25) is 9.59 Å². The van der Waals surface area contributed by atoms with Gasteiger partial charge in [-0.25, -0.2) is 0 Å². The Bertz CT molecular complexity index is 243. The van der Waals surface area contributed by atoms with Crippen molar-refractivity contribution in [3.05, 3.63) is 0 Å². The minimum Gasteiger partial charge on any atom is -0.394 e. The van der Waals surface area contributed by atoms with Crippen molar-refractivity contribution in [1.82, 2.24) is 0 Å². The first-order chi connectivity index (χ1) is 6.82. The molecule has 7 nitrogen and oxygen atoms in total. The number of carbonyl (C=O) groups excluding carboxylic acids is 2. The number of hydrogen-bond acceptors (Lipinski definition) is 7. The van der Waals surface area contributed by atoms with E-state index in [1.54, 1.807) is 0 Å². The average molecular weight is 221 g/mol. The van der Waals surface area contributed by atoms with Crippen molar-refractivity contribution in [2.45, 2.75) is 31.3 Å². The maximum Gasteiger partial charge on any atom is 0.217 e. The largest absolute Gasteiger partial charge is 0.394 e. The van der Waals surface area contributed by atoms with Crippen LogP contribution >= 0.6 is 0 Å². The molecule has 88 valence electrons. The molecule has 0 saturated heterocycles. The second-order valence-electron chi connectivity index (χ2n) is 3.18. The molecule has 0 fully saturated rings. The van der Waals surface area contributed by atoms with Gasteiger partial charge in [-0.15, -0.1) is 0 Å². The van der Waals surface area contributed by atoms with E-state index in [9.17, 15) is 19.8 Å². The quantitative estimate of drug-likeness (QED) is 0.293. The summed E-state index contributed by atoms with van der Waals surface area (Å²) in [6, 6.07) is -1.61. The lowest BCUT2D eigenvalue weighted by molar-refractivity contribution is -0.141. The molecule has 0 aliphatic rings. The maximum absolute atomic E-state index is 11.0. The Balaban J connectivity index is 4.50. The predicted octanol–water partition coefficient (Wildman–Crippen LogP) is -3.45. The van der Waals surface area contributed by atoms with Crippen LogP contribution in [-0.2, 0) is 9.59 Å². The van der Waals surface area contributed by atoms with E-state index < -0.39 is 42.5 Å². The van der Waals surface area contributed by atoms with E-state index >= 15 is 0 Å². The van der Waals surface area contributed by atoms with E-state index in [2.05, 4.69) is 0 Å². The van der Waals surface area contributed by atoms with Gasteiger partial charge < -0.3 is 26.2 Å². The number of Topliss-reactive ketones (excluding diaryl/α,β-unsaturated/α-hetero) is 2. The summed E-state index contributed by atoms with van der Waals surface area (Å²) in [6.45, 7) is 0.184. The lowest BCUT2D eigenvalue weighted by Gasteiger charge is -2.24. The molecule has 0 radical (unpaired) electrons. The summed E-state index contributed by atoms with van der Waals surface area (Å²) in [5, 5.41) is 35.9. The smallest absolute Gasteiger partial charge is 0.217 e. The molecule has 15 heavy (non-hydrogen) atoms. The lowest BCUT2D eigenvalue weighted by atomic mass is 9.97. The molecule has 0 aromatic heterocycles. The number of aliphatic hydroxyl groups is 4. The molecular formula is C8H15NO6. The Kier molecular flexibility index (Phi) is 5.55. The van der Waals surface area contributed by atoms with E-state index in [0.717, 1.165) is 6.92 Å². The van der Waals surface area contributed by atoms with E-state index in [1.807, 2.05) is 0 Å². The number of aliphatic hydroxyl groups excluding tert-OH is 4. The summed E-state index contributed by atoms with van der Waals surface area (Å²) < 4.78 is 0. The summed E-state index contributed by atoms with van der Waals surface area (Å²) in [7, 11) is 0. The summed E-state index contributed by atoms with van der Waals surface area (Å²) in [6.07, 6.45) is -5.21. The average Bonchev–Trinajstić information content (AvgIpc) is 2.23. The van der Waals surface area contributed by atoms with Gasteiger partial charge in [0.1, 0.15) is 24.4 Å². The summed E-state index contributed by atoms with van der Waals surface area (Å²) in [4.78, 5) is 21.6. The Morgan fingerprint density at radius 2 is 1.67 bits per heavy atom. The van der Waals surface area contributed by atoms with Crippen molar-refractivity contribution >= 4 is 11.6 Å². The van der Waals surface area contributed by atoms with Crippen molar-refractivity contribution in [3.63, 3.8) is 0 Å². The highest BCUT2D eigenvalue weighted by Gasteiger charge is 2.34. The van der Waals surface area contributed by atoms with Gasteiger partial charge in [-0.05, 0) is 0 Å². The fourth-order valence-electron chi connectivity index (χ4n) is 0.938. The zero-order chi connectivity index (χ0) is 12.2. The molecule has 0 unspecified atom stereocenters. The van der Waals surface area contributed by atoms with Crippen LogP contribution in [0.1, 0.15) is 6.92 Å². The van der Waals surface area contributed by atoms with Crippen LogP contribution in [0.4, 0.5) is 0 Å². The minimum atomic E-state index is -1.80. The fourth-order valence-corrected chi connectivity index (χ4v) is 0.938. The van der Waals surface area contributed by atoms with Gasteiger partial charge in [-0.1, -0.05) is 0 Å². The first kappa shape index (κ1) is 14.1. The van der Waals surface area contributed by atoms with Gasteiger partial charge in [0, 0.05) is 6.92 Å². The molecule has 0 amide bonds. The highest BCUT2D eigenvalue weighted by Crippen LogP contribution is 2.04. The highest BCUT2D eigenvalue weighted by molar-refractivity contribution is 6.38. The van der Waals surface area contributed by atoms with Crippen LogP contribution < -0.4 is 5.73 Å². The monoisotopic (exact) mass is 221 g/mol. The van der Waals surface area contributed by atoms with Gasteiger partial charge in [-0.2, -0.15) is 0 Å². The molecule has 0 saturated carbocycles. The second-order valence-corrected chi connectivity index (χ2v) is 3.18. The molecule has 0 aliphatic carbocycles. The molecule has 0 aromatic carbocycles. The molecule has 0 aromatic rings. The maximum atomic E-state index is 11.0. The topological polar surface area (TPSA) is 141 Å². The van der Waals surface area contributed by atoms with E-state index in [1.165, 1.54) is 0 Å². The fraction of sp³-hybridized carbons (Fsp3) is 0.750. The van der Waals surface area contributed by atoms with Crippen molar-refractivity contribution in [1.29, 1.82) is 0 Å². The van der Waals surface area contributed by atoms with Crippen LogP contribution in [0.15, 0.2) is 0 Å². The van der Waals surface area contributed by atoms with Crippen LogP contribution in [0.5, 0.6) is 0 Å². The molecule has 0 bridgehead atoms. The summed E-state index contributed by atoms with van der Waals surface area (Å²) in [5.74, 6) is -1.90. The Morgan fingerprint density at radius 3 is 2.00 bits per heavy atom. The third kappa shape index (κ3) is 3.65.